The minimum atomic E-state index is -4.60. The van der Waals surface area contributed by atoms with Crippen LogP contribution in [0.4, 0.5) is 17.6 Å². The Morgan fingerprint density at radius 2 is 1.97 bits per heavy atom. The third kappa shape index (κ3) is 4.73. The van der Waals surface area contributed by atoms with Gasteiger partial charge in [0.15, 0.2) is 0 Å². The van der Waals surface area contributed by atoms with Gasteiger partial charge in [-0.15, -0.1) is 0 Å². The molecule has 0 aliphatic carbocycles. The molecule has 1 amide bonds. The summed E-state index contributed by atoms with van der Waals surface area (Å²) in [5.74, 6) is -1.03. The molecule has 4 rings (SSSR count). The van der Waals surface area contributed by atoms with Gasteiger partial charge in [-0.2, -0.15) is 13.2 Å². The molecule has 2 aliphatic rings. The van der Waals surface area contributed by atoms with Crippen molar-refractivity contribution in [3.8, 4) is 0 Å². The maximum Gasteiger partial charge on any atom is 0.416 e. The van der Waals surface area contributed by atoms with Crippen LogP contribution in [-0.2, 0) is 24.0 Å². The van der Waals surface area contributed by atoms with Gasteiger partial charge in [-0.3, -0.25) is 9.69 Å². The number of amides is 1. The van der Waals surface area contributed by atoms with E-state index in [-0.39, 0.29) is 37.3 Å². The molecule has 2 aromatic carbocycles. The van der Waals surface area contributed by atoms with Crippen molar-refractivity contribution in [2.45, 2.75) is 25.4 Å². The van der Waals surface area contributed by atoms with Gasteiger partial charge in [0.1, 0.15) is 5.82 Å². The van der Waals surface area contributed by atoms with Gasteiger partial charge in [-0.05, 0) is 41.0 Å². The summed E-state index contributed by atoms with van der Waals surface area (Å²) in [6.07, 6.45) is -4.91. The Hall–Kier alpha value is -2.49. The van der Waals surface area contributed by atoms with Crippen molar-refractivity contribution in [1.82, 2.24) is 9.80 Å². The molecule has 0 radical (unpaired) electrons. The first-order valence-corrected chi connectivity index (χ1v) is 9.98. The van der Waals surface area contributed by atoms with E-state index in [9.17, 15) is 22.4 Å². The number of hydrogen-bond donors (Lipinski definition) is 1. The Bertz CT molecular complexity index is 980. The Morgan fingerprint density at radius 3 is 2.71 bits per heavy atom. The second-order valence-corrected chi connectivity index (χ2v) is 7.81. The van der Waals surface area contributed by atoms with Gasteiger partial charge < -0.3 is 14.7 Å². The number of carbonyl (C=O) groups excluding carboxylic acids is 1. The Labute approximate surface area is 176 Å². The van der Waals surface area contributed by atoms with E-state index in [2.05, 4.69) is 0 Å². The quantitative estimate of drug-likeness (QED) is 0.728. The summed E-state index contributed by atoms with van der Waals surface area (Å²) in [6.45, 7) is 2.09. The number of halogens is 4. The summed E-state index contributed by atoms with van der Waals surface area (Å²) in [5.41, 5.74) is 1.59. The van der Waals surface area contributed by atoms with Crippen molar-refractivity contribution < 1.29 is 32.2 Å². The number of hydrogen-bond acceptors (Lipinski definition) is 4. The molecule has 9 heteroatoms. The molecule has 1 atom stereocenters. The van der Waals surface area contributed by atoms with E-state index in [1.165, 1.54) is 0 Å². The molecule has 1 N–H and O–H groups in total. The maximum absolute atomic E-state index is 13.7. The molecule has 2 heterocycles. The predicted molar refractivity (Wildman–Crippen MR) is 104 cm³/mol. The summed E-state index contributed by atoms with van der Waals surface area (Å²) in [4.78, 5) is 15.8. The number of aliphatic hydroxyl groups is 1. The maximum atomic E-state index is 13.7. The van der Waals surface area contributed by atoms with Gasteiger partial charge >= 0.3 is 6.18 Å². The smallest absolute Gasteiger partial charge is 0.395 e. The van der Waals surface area contributed by atoms with Crippen LogP contribution in [0.2, 0.25) is 0 Å². The molecule has 2 aromatic rings. The number of ether oxygens (including phenoxy) is 1. The number of carbonyl (C=O) groups is 1. The number of β-amino-alcohol motifs (C(OH)–C–C–N with tert-alkyl or cyclic N) is 1. The lowest BCUT2D eigenvalue weighted by Gasteiger charge is -2.33. The minimum absolute atomic E-state index is 0.108. The van der Waals surface area contributed by atoms with Crippen LogP contribution in [0.15, 0.2) is 36.4 Å². The number of alkyl halides is 3. The molecule has 1 saturated heterocycles. The Balaban J connectivity index is 1.47. The van der Waals surface area contributed by atoms with Gasteiger partial charge in [0.2, 0.25) is 0 Å². The highest BCUT2D eigenvalue weighted by Crippen LogP contribution is 2.32. The number of morpholine rings is 1. The van der Waals surface area contributed by atoms with Crippen LogP contribution < -0.4 is 0 Å². The van der Waals surface area contributed by atoms with E-state index in [4.69, 9.17) is 9.84 Å². The molecule has 2 aliphatic heterocycles. The fourth-order valence-corrected chi connectivity index (χ4v) is 4.11. The highest BCUT2D eigenvalue weighted by molar-refractivity contribution is 5.98. The zero-order chi connectivity index (χ0) is 22.2. The summed E-state index contributed by atoms with van der Waals surface area (Å²) in [6, 6.07) is 8.06. The number of fused-ring (bicyclic) bond motifs is 1. The van der Waals surface area contributed by atoms with Crippen LogP contribution in [0.3, 0.4) is 0 Å². The third-order valence-corrected chi connectivity index (χ3v) is 5.59. The van der Waals surface area contributed by atoms with Gasteiger partial charge in [0.25, 0.3) is 5.91 Å². The van der Waals surface area contributed by atoms with Crippen LogP contribution in [0.5, 0.6) is 0 Å². The van der Waals surface area contributed by atoms with E-state index in [0.717, 1.165) is 23.3 Å². The van der Waals surface area contributed by atoms with Gasteiger partial charge in [0, 0.05) is 38.3 Å². The summed E-state index contributed by atoms with van der Waals surface area (Å²) >= 11 is 0. The molecular weight excluding hydrogens is 416 g/mol. The normalized spacial score (nSPS) is 19.7. The Kier molecular flexibility index (Phi) is 6.00. The lowest BCUT2D eigenvalue weighted by molar-refractivity contribution is -0.137. The number of nitrogens with zero attached hydrogens (tertiary/aromatic N) is 2. The molecule has 1 fully saturated rings. The zero-order valence-electron chi connectivity index (χ0n) is 16.7. The highest BCUT2D eigenvalue weighted by Gasteiger charge is 2.32. The van der Waals surface area contributed by atoms with E-state index in [1.54, 1.807) is 11.0 Å². The largest absolute Gasteiger partial charge is 0.416 e. The molecule has 31 heavy (non-hydrogen) atoms. The summed E-state index contributed by atoms with van der Waals surface area (Å²) in [5, 5.41) is 9.11. The number of benzene rings is 2. The zero-order valence-corrected chi connectivity index (χ0v) is 16.7. The van der Waals surface area contributed by atoms with Crippen LogP contribution in [0.25, 0.3) is 0 Å². The summed E-state index contributed by atoms with van der Waals surface area (Å²) in [7, 11) is 0. The van der Waals surface area contributed by atoms with E-state index in [1.807, 2.05) is 17.0 Å². The SMILES string of the molecule is O=C1c2ccc([C@@H]3CN(Cc4cc(F)cc(C(F)(F)F)c4)CCO3)cc2CN1CCO. The van der Waals surface area contributed by atoms with E-state index in [0.29, 0.717) is 37.9 Å². The highest BCUT2D eigenvalue weighted by atomic mass is 19.4. The second kappa shape index (κ2) is 8.57. The molecule has 0 bridgehead atoms. The molecule has 5 nitrogen and oxygen atoms in total. The minimum Gasteiger partial charge on any atom is -0.395 e. The first kappa shape index (κ1) is 21.7. The molecule has 0 unspecified atom stereocenters. The van der Waals surface area contributed by atoms with E-state index < -0.39 is 17.6 Å². The van der Waals surface area contributed by atoms with Gasteiger partial charge in [0.05, 0.1) is 24.9 Å². The lowest BCUT2D eigenvalue weighted by Crippen LogP contribution is -2.37. The van der Waals surface area contributed by atoms with Gasteiger partial charge in [-0.1, -0.05) is 12.1 Å². The topological polar surface area (TPSA) is 53.0 Å². The average molecular weight is 438 g/mol. The van der Waals surface area contributed by atoms with Crippen molar-refractivity contribution in [3.63, 3.8) is 0 Å². The van der Waals surface area contributed by atoms with Crippen molar-refractivity contribution in [3.05, 3.63) is 70.0 Å². The molecule has 0 aromatic heterocycles. The lowest BCUT2D eigenvalue weighted by atomic mass is 10.0. The van der Waals surface area contributed by atoms with Gasteiger partial charge in [-0.25, -0.2) is 4.39 Å². The fraction of sp³-hybridized carbons (Fsp3) is 0.409. The summed E-state index contributed by atoms with van der Waals surface area (Å²) < 4.78 is 58.5. The van der Waals surface area contributed by atoms with Crippen LogP contribution >= 0.6 is 0 Å². The molecule has 0 spiro atoms. The third-order valence-electron chi connectivity index (χ3n) is 5.59. The monoisotopic (exact) mass is 438 g/mol. The van der Waals surface area contributed by atoms with Crippen LogP contribution in [0.1, 0.15) is 38.7 Å². The van der Waals surface area contributed by atoms with Crippen molar-refractivity contribution in [2.24, 2.45) is 0 Å². The molecule has 166 valence electrons. The second-order valence-electron chi connectivity index (χ2n) is 7.81. The first-order valence-electron chi connectivity index (χ1n) is 9.98. The fourth-order valence-electron chi connectivity index (χ4n) is 4.11. The van der Waals surface area contributed by atoms with E-state index >= 15 is 0 Å². The van der Waals surface area contributed by atoms with Crippen LogP contribution in [0, 0.1) is 5.82 Å². The average Bonchev–Trinajstić information content (AvgIpc) is 3.02. The molecular formula is C22H22F4N2O3. The predicted octanol–water partition coefficient (Wildman–Crippen LogP) is 3.37. The number of aliphatic hydroxyl groups excluding tert-OH is 1. The first-order chi connectivity index (χ1) is 14.7. The van der Waals surface area contributed by atoms with Crippen LogP contribution in [-0.4, -0.2) is 53.7 Å². The Morgan fingerprint density at radius 1 is 1.16 bits per heavy atom. The number of rotatable bonds is 5. The van der Waals surface area contributed by atoms with Crippen molar-refractivity contribution in [2.75, 3.05) is 32.8 Å². The standard InChI is InChI=1S/C22H22F4N2O3/c23-18-8-14(7-17(10-18)22(24,25)26)11-27-4-6-31-20(13-27)15-1-2-19-16(9-15)12-28(3-5-29)21(19)30/h1-2,7-10,20,29H,3-6,11-13H2/t20-/m0/s1. The molecule has 0 saturated carbocycles. The van der Waals surface area contributed by atoms with Crippen molar-refractivity contribution in [1.29, 1.82) is 0 Å². The van der Waals surface area contributed by atoms with Crippen molar-refractivity contribution >= 4 is 5.91 Å².